The van der Waals surface area contributed by atoms with Crippen molar-refractivity contribution in [3.05, 3.63) is 34.6 Å². The van der Waals surface area contributed by atoms with Crippen LogP contribution in [0.1, 0.15) is 17.3 Å². The molecule has 0 aliphatic carbocycles. The van der Waals surface area contributed by atoms with E-state index in [1.807, 2.05) is 6.92 Å². The highest BCUT2D eigenvalue weighted by Crippen LogP contribution is 2.22. The van der Waals surface area contributed by atoms with E-state index in [-0.39, 0.29) is 23.1 Å². The summed E-state index contributed by atoms with van der Waals surface area (Å²) in [7, 11) is 0. The van der Waals surface area contributed by atoms with E-state index in [0.717, 1.165) is 6.07 Å². The summed E-state index contributed by atoms with van der Waals surface area (Å²) in [6, 6.07) is 3.79. The molecule has 2 unspecified atom stereocenters. The molecule has 0 bridgehead atoms. The van der Waals surface area contributed by atoms with Crippen molar-refractivity contribution in [3.8, 4) is 0 Å². The second-order valence-corrected chi connectivity index (χ2v) is 5.60. The van der Waals surface area contributed by atoms with Gasteiger partial charge in [0.05, 0.1) is 29.3 Å². The maximum absolute atomic E-state index is 13.0. The number of benzene rings is 1. The third-order valence-electron chi connectivity index (χ3n) is 3.10. The number of morpholine rings is 1. The second kappa shape index (κ2) is 6.20. The summed E-state index contributed by atoms with van der Waals surface area (Å²) >= 11 is 9.28. The lowest BCUT2D eigenvalue weighted by atomic mass is 10.1. The third-order valence-corrected chi connectivity index (χ3v) is 4.13. The summed E-state index contributed by atoms with van der Waals surface area (Å²) < 4.78 is 18.6. The molecule has 1 saturated heterocycles. The smallest absolute Gasteiger partial charge is 0.255 e. The molecule has 1 fully saturated rings. The minimum absolute atomic E-state index is 0.0241. The van der Waals surface area contributed by atoms with Gasteiger partial charge in [-0.05, 0) is 25.1 Å². The van der Waals surface area contributed by atoms with Crippen molar-refractivity contribution in [1.29, 1.82) is 0 Å². The molecule has 0 radical (unpaired) electrons. The van der Waals surface area contributed by atoms with Gasteiger partial charge in [0.15, 0.2) is 0 Å². The first-order chi connectivity index (χ1) is 9.02. The number of alkyl halides is 1. The van der Waals surface area contributed by atoms with Crippen molar-refractivity contribution in [1.82, 2.24) is 4.90 Å². The van der Waals surface area contributed by atoms with Crippen molar-refractivity contribution in [2.75, 3.05) is 18.5 Å². The number of hydrogen-bond donors (Lipinski definition) is 0. The Morgan fingerprint density at radius 3 is 3.00 bits per heavy atom. The van der Waals surface area contributed by atoms with Crippen LogP contribution in [0.25, 0.3) is 0 Å². The van der Waals surface area contributed by atoms with Gasteiger partial charge in [0, 0.05) is 11.9 Å². The summed E-state index contributed by atoms with van der Waals surface area (Å²) in [5, 5.41) is 0.805. The number of rotatable bonds is 2. The van der Waals surface area contributed by atoms with Crippen LogP contribution in [0.2, 0.25) is 5.02 Å². The van der Waals surface area contributed by atoms with Gasteiger partial charge in [-0.2, -0.15) is 0 Å². The molecule has 2 atom stereocenters. The van der Waals surface area contributed by atoms with Crippen molar-refractivity contribution in [2.45, 2.75) is 19.1 Å². The van der Waals surface area contributed by atoms with Crippen molar-refractivity contribution < 1.29 is 13.9 Å². The maximum Gasteiger partial charge on any atom is 0.255 e. The van der Waals surface area contributed by atoms with Crippen LogP contribution in [0, 0.1) is 5.82 Å². The molecule has 1 heterocycles. The molecule has 1 aromatic carbocycles. The van der Waals surface area contributed by atoms with E-state index in [0.29, 0.717) is 24.0 Å². The highest BCUT2D eigenvalue weighted by molar-refractivity contribution is 9.09. The van der Waals surface area contributed by atoms with Crippen LogP contribution >= 0.6 is 27.5 Å². The van der Waals surface area contributed by atoms with Gasteiger partial charge >= 0.3 is 0 Å². The highest BCUT2D eigenvalue weighted by atomic mass is 79.9. The Labute approximate surface area is 124 Å². The van der Waals surface area contributed by atoms with Gasteiger partial charge in [0.25, 0.3) is 5.91 Å². The monoisotopic (exact) mass is 349 g/mol. The summed E-state index contributed by atoms with van der Waals surface area (Å²) in [5.41, 5.74) is 0.324. The lowest BCUT2D eigenvalue weighted by Gasteiger charge is -2.37. The average Bonchev–Trinajstić information content (AvgIpc) is 2.38. The van der Waals surface area contributed by atoms with E-state index in [9.17, 15) is 9.18 Å². The van der Waals surface area contributed by atoms with Crippen molar-refractivity contribution in [2.24, 2.45) is 0 Å². The number of carbonyl (C=O) groups excluding carboxylic acids is 1. The van der Waals surface area contributed by atoms with Crippen LogP contribution in [-0.2, 0) is 4.74 Å². The number of amides is 1. The zero-order valence-corrected chi connectivity index (χ0v) is 12.7. The Hall–Kier alpha value is -0.650. The first-order valence-electron chi connectivity index (χ1n) is 5.96. The molecular weight excluding hydrogens is 337 g/mol. The van der Waals surface area contributed by atoms with E-state index in [1.54, 1.807) is 4.90 Å². The van der Waals surface area contributed by atoms with Gasteiger partial charge in [-0.3, -0.25) is 4.79 Å². The Balaban J connectivity index is 2.22. The highest BCUT2D eigenvalue weighted by Gasteiger charge is 2.30. The molecule has 3 nitrogen and oxygen atoms in total. The molecule has 0 saturated carbocycles. The van der Waals surface area contributed by atoms with Gasteiger partial charge in [-0.25, -0.2) is 4.39 Å². The molecule has 104 valence electrons. The Bertz CT molecular complexity index is 486. The molecular formula is C13H14BrClFNO2. The summed E-state index contributed by atoms with van der Waals surface area (Å²) in [5.74, 6) is -0.637. The fraction of sp³-hybridized carbons (Fsp3) is 0.462. The average molecular weight is 351 g/mol. The molecule has 1 aliphatic heterocycles. The molecule has 0 spiro atoms. The number of ether oxygens (including phenoxy) is 1. The number of carbonyl (C=O) groups is 1. The fourth-order valence-corrected chi connectivity index (χ4v) is 2.65. The summed E-state index contributed by atoms with van der Waals surface area (Å²) in [6.45, 7) is 2.90. The molecule has 1 aliphatic rings. The first kappa shape index (κ1) is 14.8. The van der Waals surface area contributed by atoms with Gasteiger partial charge in [-0.1, -0.05) is 27.5 Å². The van der Waals surface area contributed by atoms with E-state index in [1.165, 1.54) is 12.1 Å². The van der Waals surface area contributed by atoms with Crippen LogP contribution < -0.4 is 0 Å². The zero-order valence-electron chi connectivity index (χ0n) is 10.4. The zero-order chi connectivity index (χ0) is 14.0. The summed E-state index contributed by atoms with van der Waals surface area (Å²) in [4.78, 5) is 14.2. The molecule has 0 N–H and O–H groups in total. The molecule has 0 aromatic heterocycles. The predicted molar refractivity (Wildman–Crippen MR) is 75.4 cm³/mol. The fourth-order valence-electron chi connectivity index (χ4n) is 2.01. The minimum atomic E-state index is -0.449. The van der Waals surface area contributed by atoms with Crippen LogP contribution in [0.3, 0.4) is 0 Å². The minimum Gasteiger partial charge on any atom is -0.373 e. The van der Waals surface area contributed by atoms with Crippen molar-refractivity contribution in [3.63, 3.8) is 0 Å². The topological polar surface area (TPSA) is 29.5 Å². The van der Waals surface area contributed by atoms with Crippen LogP contribution in [-0.4, -0.2) is 41.4 Å². The standard InChI is InChI=1S/C13H14BrClFNO2/c1-8-7-19-10(5-14)6-17(8)13(18)11-3-2-9(16)4-12(11)15/h2-4,8,10H,5-7H2,1H3. The van der Waals surface area contributed by atoms with Crippen LogP contribution in [0.15, 0.2) is 18.2 Å². The van der Waals surface area contributed by atoms with Gasteiger partial charge in [0.1, 0.15) is 5.82 Å². The van der Waals surface area contributed by atoms with E-state index in [2.05, 4.69) is 15.9 Å². The normalized spacial score (nSPS) is 23.5. The van der Waals surface area contributed by atoms with E-state index < -0.39 is 5.82 Å². The van der Waals surface area contributed by atoms with E-state index >= 15 is 0 Å². The lowest BCUT2D eigenvalue weighted by Crippen LogP contribution is -2.51. The summed E-state index contributed by atoms with van der Waals surface area (Å²) in [6.07, 6.45) is -0.0284. The molecule has 1 amide bonds. The molecule has 1 aromatic rings. The Morgan fingerprint density at radius 2 is 2.37 bits per heavy atom. The SMILES string of the molecule is CC1COC(CBr)CN1C(=O)c1ccc(F)cc1Cl. The largest absolute Gasteiger partial charge is 0.373 e. The van der Waals surface area contributed by atoms with Gasteiger partial charge in [-0.15, -0.1) is 0 Å². The van der Waals surface area contributed by atoms with Crippen LogP contribution in [0.4, 0.5) is 4.39 Å². The number of hydrogen-bond acceptors (Lipinski definition) is 2. The number of halogens is 3. The Morgan fingerprint density at radius 1 is 1.63 bits per heavy atom. The maximum atomic E-state index is 13.0. The first-order valence-corrected chi connectivity index (χ1v) is 7.46. The number of nitrogens with zero attached hydrogens (tertiary/aromatic N) is 1. The quantitative estimate of drug-likeness (QED) is 0.767. The Kier molecular flexibility index (Phi) is 4.81. The molecule has 2 rings (SSSR count). The third kappa shape index (κ3) is 3.27. The lowest BCUT2D eigenvalue weighted by molar-refractivity contribution is -0.0361. The van der Waals surface area contributed by atoms with Gasteiger partial charge in [0.2, 0.25) is 0 Å². The predicted octanol–water partition coefficient (Wildman–Crippen LogP) is 3.10. The van der Waals surface area contributed by atoms with Crippen LogP contribution in [0.5, 0.6) is 0 Å². The van der Waals surface area contributed by atoms with Crippen molar-refractivity contribution >= 4 is 33.4 Å². The molecule has 19 heavy (non-hydrogen) atoms. The van der Waals surface area contributed by atoms with Gasteiger partial charge < -0.3 is 9.64 Å². The second-order valence-electron chi connectivity index (χ2n) is 4.54. The van der Waals surface area contributed by atoms with E-state index in [4.69, 9.17) is 16.3 Å². The molecule has 6 heteroatoms.